The summed E-state index contributed by atoms with van der Waals surface area (Å²) >= 11 is 0. The summed E-state index contributed by atoms with van der Waals surface area (Å²) in [6, 6.07) is 60.8. The predicted octanol–water partition coefficient (Wildman–Crippen LogP) is 11.6. The maximum absolute atomic E-state index is 5.31. The molecule has 4 heteroatoms. The third-order valence-electron chi connectivity index (χ3n) is 10.5. The Bertz CT molecular complexity index is 2970. The van der Waals surface area contributed by atoms with Gasteiger partial charge in [0.05, 0.1) is 33.5 Å². The number of hydrogen-bond donors (Lipinski definition) is 0. The lowest BCUT2D eigenvalue weighted by molar-refractivity contribution is 1.13. The highest BCUT2D eigenvalue weighted by Crippen LogP contribution is 2.45. The number of aromatic nitrogens is 4. The molecule has 0 fully saturated rings. The van der Waals surface area contributed by atoms with Crippen LogP contribution in [0.2, 0.25) is 0 Å². The second-order valence-electron chi connectivity index (χ2n) is 13.4. The molecule has 0 saturated carbocycles. The van der Waals surface area contributed by atoms with E-state index in [1.54, 1.807) is 0 Å². The number of para-hydroxylation sites is 3. The van der Waals surface area contributed by atoms with E-state index in [0.29, 0.717) is 0 Å². The van der Waals surface area contributed by atoms with Gasteiger partial charge >= 0.3 is 0 Å². The fourth-order valence-corrected chi connectivity index (χ4v) is 8.31. The molecule has 0 unspecified atom stereocenters. The summed E-state index contributed by atoms with van der Waals surface area (Å²) < 4.78 is 4.91. The molecule has 1 aliphatic rings. The van der Waals surface area contributed by atoms with Crippen molar-refractivity contribution in [3.8, 4) is 45.3 Å². The van der Waals surface area contributed by atoms with Crippen LogP contribution in [0.4, 0.5) is 0 Å². The molecule has 0 bridgehead atoms. The van der Waals surface area contributed by atoms with Crippen LogP contribution in [-0.2, 0) is 6.42 Å². The molecule has 1 aliphatic carbocycles. The fraction of sp³-hybridized carbons (Fsp3) is 0.0213. The molecule has 7 aromatic carbocycles. The summed E-state index contributed by atoms with van der Waals surface area (Å²) in [6.45, 7) is 0. The number of hydrogen-bond acceptors (Lipinski definition) is 2. The van der Waals surface area contributed by atoms with Crippen LogP contribution in [0.1, 0.15) is 11.1 Å². The minimum Gasteiger partial charge on any atom is -0.307 e. The summed E-state index contributed by atoms with van der Waals surface area (Å²) in [7, 11) is 0. The van der Waals surface area contributed by atoms with Crippen LogP contribution in [0.5, 0.6) is 0 Å². The summed E-state index contributed by atoms with van der Waals surface area (Å²) in [6.07, 6.45) is 0.796. The molecule has 0 amide bonds. The van der Waals surface area contributed by atoms with Crippen LogP contribution in [0.15, 0.2) is 170 Å². The number of rotatable bonds is 4. The van der Waals surface area contributed by atoms with Gasteiger partial charge in [-0.05, 0) is 42.0 Å². The van der Waals surface area contributed by atoms with Gasteiger partial charge in [-0.3, -0.25) is 0 Å². The van der Waals surface area contributed by atoms with Crippen LogP contribution in [0.3, 0.4) is 0 Å². The molecule has 0 spiro atoms. The van der Waals surface area contributed by atoms with E-state index < -0.39 is 0 Å². The minimum atomic E-state index is 0.748. The molecule has 3 heterocycles. The summed E-state index contributed by atoms with van der Waals surface area (Å²) in [5, 5.41) is 4.96. The normalized spacial score (nSPS) is 12.2. The third kappa shape index (κ3) is 4.14. The van der Waals surface area contributed by atoms with E-state index in [4.69, 9.17) is 9.97 Å². The number of benzene rings is 7. The first-order valence-corrected chi connectivity index (χ1v) is 17.5. The molecule has 0 atom stereocenters. The fourth-order valence-electron chi connectivity index (χ4n) is 8.31. The van der Waals surface area contributed by atoms with Crippen molar-refractivity contribution in [1.29, 1.82) is 0 Å². The summed E-state index contributed by atoms with van der Waals surface area (Å²) in [5.74, 6) is 0.748. The quantitative estimate of drug-likeness (QED) is 0.190. The van der Waals surface area contributed by atoms with E-state index in [2.05, 4.69) is 173 Å². The monoisotopic (exact) mass is 650 g/mol. The Kier molecular flexibility index (Phi) is 5.98. The van der Waals surface area contributed by atoms with Crippen LogP contribution in [-0.4, -0.2) is 19.1 Å². The number of fused-ring (bicyclic) bond motifs is 10. The zero-order chi connectivity index (χ0) is 33.5. The van der Waals surface area contributed by atoms with E-state index in [1.165, 1.54) is 60.3 Å². The van der Waals surface area contributed by atoms with Crippen molar-refractivity contribution >= 4 is 43.6 Å². The van der Waals surface area contributed by atoms with Crippen LogP contribution < -0.4 is 0 Å². The summed E-state index contributed by atoms with van der Waals surface area (Å²) in [5.41, 5.74) is 14.8. The highest BCUT2D eigenvalue weighted by atomic mass is 15.0. The van der Waals surface area contributed by atoms with Crippen LogP contribution in [0, 0.1) is 0 Å². The molecule has 238 valence electrons. The first-order chi connectivity index (χ1) is 25.3. The zero-order valence-corrected chi connectivity index (χ0v) is 27.7. The smallest absolute Gasteiger partial charge is 0.160 e. The lowest BCUT2D eigenvalue weighted by Gasteiger charge is -2.14. The van der Waals surface area contributed by atoms with Crippen molar-refractivity contribution in [3.63, 3.8) is 0 Å². The van der Waals surface area contributed by atoms with Crippen LogP contribution >= 0.6 is 0 Å². The first-order valence-electron chi connectivity index (χ1n) is 17.5. The van der Waals surface area contributed by atoms with Crippen molar-refractivity contribution < 1.29 is 0 Å². The van der Waals surface area contributed by atoms with Crippen molar-refractivity contribution in [3.05, 3.63) is 181 Å². The average Bonchev–Trinajstić information content (AvgIpc) is 3.86. The molecule has 10 aromatic rings. The topological polar surface area (TPSA) is 35.6 Å². The Hall–Kier alpha value is -6.78. The van der Waals surface area contributed by atoms with Gasteiger partial charge in [0.25, 0.3) is 0 Å². The largest absolute Gasteiger partial charge is 0.307 e. The van der Waals surface area contributed by atoms with Gasteiger partial charge in [0.1, 0.15) is 0 Å². The minimum absolute atomic E-state index is 0.748. The second-order valence-corrected chi connectivity index (χ2v) is 13.4. The molecule has 0 saturated heterocycles. The van der Waals surface area contributed by atoms with Crippen molar-refractivity contribution in [2.45, 2.75) is 6.42 Å². The molecule has 0 radical (unpaired) electrons. The molecule has 51 heavy (non-hydrogen) atoms. The molecule has 0 N–H and O–H groups in total. The lowest BCUT2D eigenvalue weighted by atomic mass is 10.0. The highest BCUT2D eigenvalue weighted by molar-refractivity contribution is 6.23. The van der Waals surface area contributed by atoms with E-state index in [1.807, 2.05) is 6.07 Å². The molecule has 4 nitrogen and oxygen atoms in total. The van der Waals surface area contributed by atoms with E-state index in [0.717, 1.165) is 46.1 Å². The average molecular weight is 651 g/mol. The van der Waals surface area contributed by atoms with Crippen molar-refractivity contribution in [2.75, 3.05) is 0 Å². The predicted molar refractivity (Wildman–Crippen MR) is 210 cm³/mol. The van der Waals surface area contributed by atoms with E-state index >= 15 is 0 Å². The lowest BCUT2D eigenvalue weighted by Crippen LogP contribution is -2.00. The molecule has 0 aliphatic heterocycles. The van der Waals surface area contributed by atoms with E-state index in [9.17, 15) is 0 Å². The second kappa shape index (κ2) is 10.9. The highest BCUT2D eigenvalue weighted by Gasteiger charge is 2.28. The van der Waals surface area contributed by atoms with Gasteiger partial charge in [-0.1, -0.05) is 133 Å². The Morgan fingerprint density at radius 1 is 0.412 bits per heavy atom. The van der Waals surface area contributed by atoms with Gasteiger partial charge in [0, 0.05) is 61.6 Å². The Labute approximate surface area is 294 Å². The molecule has 3 aromatic heterocycles. The number of nitrogens with zero attached hydrogens (tertiary/aromatic N) is 4. The van der Waals surface area contributed by atoms with Gasteiger partial charge in [-0.2, -0.15) is 0 Å². The van der Waals surface area contributed by atoms with Crippen LogP contribution in [0.25, 0.3) is 88.9 Å². The maximum atomic E-state index is 5.31. The van der Waals surface area contributed by atoms with Gasteiger partial charge in [-0.25, -0.2) is 9.97 Å². The Balaban J connectivity index is 1.22. The van der Waals surface area contributed by atoms with Gasteiger partial charge in [-0.15, -0.1) is 0 Å². The third-order valence-corrected chi connectivity index (χ3v) is 10.5. The van der Waals surface area contributed by atoms with Crippen molar-refractivity contribution in [1.82, 2.24) is 19.1 Å². The van der Waals surface area contributed by atoms with E-state index in [-0.39, 0.29) is 0 Å². The standard InChI is InChI=1S/C47H30N4/c1-4-14-30(15-5-1)43-40-28-32-24-25-34(29-39(32)44(40)49-47(48-43)31-16-6-2-7-17-31)51-42-23-13-11-21-36(42)38-27-26-37-35-20-10-12-22-41(35)50(45(37)46(38)51)33-18-8-3-9-19-33/h1-27,29H,28H2. The van der Waals surface area contributed by atoms with Crippen molar-refractivity contribution in [2.24, 2.45) is 0 Å². The first kappa shape index (κ1) is 28.1. The molecule has 11 rings (SSSR count). The Morgan fingerprint density at radius 3 is 1.59 bits per heavy atom. The zero-order valence-electron chi connectivity index (χ0n) is 27.7. The SMILES string of the molecule is c1ccc(-c2nc(-c3ccccc3)c3c(n2)-c2cc(-n4c5ccccc5c5ccc6c7ccccc7n(-c7ccccc7)c6c54)ccc2C3)cc1. The summed E-state index contributed by atoms with van der Waals surface area (Å²) in [4.78, 5) is 10.5. The maximum Gasteiger partial charge on any atom is 0.160 e. The van der Waals surface area contributed by atoms with Gasteiger partial charge in [0.15, 0.2) is 5.82 Å². The van der Waals surface area contributed by atoms with Gasteiger partial charge < -0.3 is 9.13 Å². The molecular formula is C47H30N4. The molecular weight excluding hydrogens is 621 g/mol. The van der Waals surface area contributed by atoms with Gasteiger partial charge in [0.2, 0.25) is 0 Å². The Morgan fingerprint density at radius 2 is 0.941 bits per heavy atom.